The highest BCUT2D eigenvalue weighted by Gasteiger charge is 2.10. The van der Waals surface area contributed by atoms with E-state index in [4.69, 9.17) is 15.2 Å². The van der Waals surface area contributed by atoms with Crippen molar-refractivity contribution in [1.82, 2.24) is 0 Å². The van der Waals surface area contributed by atoms with Crippen LogP contribution in [0.2, 0.25) is 0 Å². The van der Waals surface area contributed by atoms with Gasteiger partial charge < -0.3 is 15.2 Å². The van der Waals surface area contributed by atoms with Crippen LogP contribution in [0.25, 0.3) is 0 Å². The smallest absolute Gasteiger partial charge is 0.153 e. The van der Waals surface area contributed by atoms with Gasteiger partial charge in [0.15, 0.2) is 9.84 Å². The maximum Gasteiger partial charge on any atom is 0.153 e. The molecule has 0 heterocycles. The Balaban J connectivity index is 2.74. The summed E-state index contributed by atoms with van der Waals surface area (Å²) in [6.07, 6.45) is 0.680. The highest BCUT2D eigenvalue weighted by Crippen LogP contribution is 2.25. The minimum atomic E-state index is -3.01. The van der Waals surface area contributed by atoms with E-state index in [1.54, 1.807) is 20.1 Å². The van der Waals surface area contributed by atoms with Gasteiger partial charge in [-0.1, -0.05) is 13.0 Å². The fourth-order valence-corrected chi connectivity index (χ4v) is 2.21. The van der Waals surface area contributed by atoms with E-state index in [1.807, 2.05) is 12.1 Å². The molecule has 2 N–H and O–H groups in total. The molecule has 19 heavy (non-hydrogen) atoms. The van der Waals surface area contributed by atoms with Crippen molar-refractivity contribution in [3.05, 3.63) is 23.8 Å². The van der Waals surface area contributed by atoms with Gasteiger partial charge >= 0.3 is 0 Å². The van der Waals surface area contributed by atoms with Crippen LogP contribution in [0.4, 0.5) is 0 Å². The third kappa shape index (κ3) is 5.08. The van der Waals surface area contributed by atoms with Gasteiger partial charge in [-0.2, -0.15) is 0 Å². The minimum Gasteiger partial charge on any atom is -0.497 e. The van der Waals surface area contributed by atoms with Gasteiger partial charge in [0, 0.05) is 11.8 Å². The summed E-state index contributed by atoms with van der Waals surface area (Å²) in [6.45, 7) is 2.28. The Bertz CT molecular complexity index is 499. The highest BCUT2D eigenvalue weighted by atomic mass is 32.2. The van der Waals surface area contributed by atoms with Gasteiger partial charge in [0.05, 0.1) is 12.9 Å². The van der Waals surface area contributed by atoms with Crippen molar-refractivity contribution < 1.29 is 17.9 Å². The van der Waals surface area contributed by atoms with E-state index < -0.39 is 9.84 Å². The number of nitrogens with two attached hydrogens (primary N) is 1. The van der Waals surface area contributed by atoms with Gasteiger partial charge in [-0.25, -0.2) is 8.42 Å². The lowest BCUT2D eigenvalue weighted by Gasteiger charge is -2.12. The van der Waals surface area contributed by atoms with Crippen LogP contribution >= 0.6 is 0 Å². The van der Waals surface area contributed by atoms with Crippen LogP contribution in [-0.4, -0.2) is 40.2 Å². The van der Waals surface area contributed by atoms with Gasteiger partial charge in [0.25, 0.3) is 0 Å². The summed E-state index contributed by atoms with van der Waals surface area (Å²) in [5.74, 6) is 1.46. The molecule has 0 aliphatic heterocycles. The Morgan fingerprint density at radius 2 is 2.05 bits per heavy atom. The zero-order chi connectivity index (χ0) is 14.3. The average Bonchev–Trinajstić information content (AvgIpc) is 2.40. The molecule has 0 radical (unpaired) electrons. The highest BCUT2D eigenvalue weighted by molar-refractivity contribution is 7.91. The normalized spacial score (nSPS) is 11.3. The number of methoxy groups -OCH3 is 1. The van der Waals surface area contributed by atoms with Crippen LogP contribution < -0.4 is 15.2 Å². The summed E-state index contributed by atoms with van der Waals surface area (Å²) in [7, 11) is -1.44. The Morgan fingerprint density at radius 3 is 2.63 bits per heavy atom. The summed E-state index contributed by atoms with van der Waals surface area (Å²) >= 11 is 0. The number of rotatable bonds is 8. The molecule has 0 unspecified atom stereocenters. The van der Waals surface area contributed by atoms with E-state index in [-0.39, 0.29) is 18.1 Å². The fraction of sp³-hybridized carbons (Fsp3) is 0.538. The van der Waals surface area contributed by atoms with Gasteiger partial charge in [0.1, 0.15) is 18.1 Å². The first-order valence-corrected chi connectivity index (χ1v) is 8.04. The monoisotopic (exact) mass is 287 g/mol. The fourth-order valence-electron chi connectivity index (χ4n) is 1.58. The lowest BCUT2D eigenvalue weighted by atomic mass is 10.1. The summed E-state index contributed by atoms with van der Waals surface area (Å²) in [5, 5.41) is 0. The number of benzene rings is 1. The van der Waals surface area contributed by atoms with Gasteiger partial charge in [-0.05, 0) is 24.6 Å². The molecule has 108 valence electrons. The summed E-state index contributed by atoms with van der Waals surface area (Å²) in [5.41, 5.74) is 6.49. The molecule has 0 bridgehead atoms. The molecule has 6 heteroatoms. The zero-order valence-electron chi connectivity index (χ0n) is 11.4. The standard InChI is InChI=1S/C13H21NO4S/c1-3-19(15,16)9-8-18-13-10-12(17-2)5-4-11(13)6-7-14/h4-5,10H,3,6-9,14H2,1-2H3. The van der Waals surface area contributed by atoms with Crippen molar-refractivity contribution in [2.24, 2.45) is 5.73 Å². The predicted octanol–water partition coefficient (Wildman–Crippen LogP) is 1.01. The molecule has 0 atom stereocenters. The van der Waals surface area contributed by atoms with Gasteiger partial charge in [-0.15, -0.1) is 0 Å². The van der Waals surface area contributed by atoms with Crippen molar-refractivity contribution in [2.75, 3.05) is 31.8 Å². The molecule has 0 spiro atoms. The Hall–Kier alpha value is -1.27. The second-order valence-corrected chi connectivity index (χ2v) is 6.57. The summed E-state index contributed by atoms with van der Waals surface area (Å²) < 4.78 is 33.5. The molecule has 0 saturated carbocycles. The quantitative estimate of drug-likeness (QED) is 0.772. The van der Waals surface area contributed by atoms with Crippen molar-refractivity contribution in [2.45, 2.75) is 13.3 Å². The van der Waals surface area contributed by atoms with Crippen molar-refractivity contribution >= 4 is 9.84 Å². The Labute approximate surface area is 114 Å². The molecule has 1 aromatic carbocycles. The van der Waals surface area contributed by atoms with E-state index in [9.17, 15) is 8.42 Å². The molecule has 0 saturated heterocycles. The van der Waals surface area contributed by atoms with E-state index in [0.717, 1.165) is 5.56 Å². The molecule has 0 amide bonds. The second kappa shape index (κ2) is 7.35. The van der Waals surface area contributed by atoms with E-state index >= 15 is 0 Å². The van der Waals surface area contributed by atoms with Crippen molar-refractivity contribution in [1.29, 1.82) is 0 Å². The van der Waals surface area contributed by atoms with Crippen LogP contribution in [0.5, 0.6) is 11.5 Å². The molecule has 0 aliphatic carbocycles. The second-order valence-electron chi connectivity index (χ2n) is 4.10. The molecule has 1 rings (SSSR count). The van der Waals surface area contributed by atoms with Crippen LogP contribution in [0.1, 0.15) is 12.5 Å². The topological polar surface area (TPSA) is 78.6 Å². The molecular formula is C13H21NO4S. The molecular weight excluding hydrogens is 266 g/mol. The van der Waals surface area contributed by atoms with Gasteiger partial charge in [0.2, 0.25) is 0 Å². The first kappa shape index (κ1) is 15.8. The van der Waals surface area contributed by atoms with E-state index in [0.29, 0.717) is 24.5 Å². The average molecular weight is 287 g/mol. The number of ether oxygens (including phenoxy) is 2. The molecule has 0 fully saturated rings. The molecule has 5 nitrogen and oxygen atoms in total. The third-order valence-corrected chi connectivity index (χ3v) is 4.45. The largest absolute Gasteiger partial charge is 0.497 e. The van der Waals surface area contributed by atoms with Gasteiger partial charge in [-0.3, -0.25) is 0 Å². The SMILES string of the molecule is CCS(=O)(=O)CCOc1cc(OC)ccc1CCN. The third-order valence-electron chi connectivity index (χ3n) is 2.78. The van der Waals surface area contributed by atoms with Crippen LogP contribution in [0, 0.1) is 0 Å². The Kier molecular flexibility index (Phi) is 6.11. The van der Waals surface area contributed by atoms with Crippen molar-refractivity contribution in [3.63, 3.8) is 0 Å². The number of sulfone groups is 1. The lowest BCUT2D eigenvalue weighted by molar-refractivity contribution is 0.333. The number of hydrogen-bond acceptors (Lipinski definition) is 5. The molecule has 1 aromatic rings. The first-order chi connectivity index (χ1) is 9.02. The van der Waals surface area contributed by atoms with E-state index in [1.165, 1.54) is 0 Å². The zero-order valence-corrected chi connectivity index (χ0v) is 12.2. The Morgan fingerprint density at radius 1 is 1.32 bits per heavy atom. The molecule has 0 aliphatic rings. The maximum atomic E-state index is 11.4. The van der Waals surface area contributed by atoms with Crippen molar-refractivity contribution in [3.8, 4) is 11.5 Å². The summed E-state index contributed by atoms with van der Waals surface area (Å²) in [6, 6.07) is 5.47. The van der Waals surface area contributed by atoms with Crippen LogP contribution in [0.15, 0.2) is 18.2 Å². The van der Waals surface area contributed by atoms with E-state index in [2.05, 4.69) is 0 Å². The maximum absolute atomic E-state index is 11.4. The first-order valence-electron chi connectivity index (χ1n) is 6.22. The van der Waals surface area contributed by atoms with Crippen LogP contribution in [-0.2, 0) is 16.3 Å². The molecule has 0 aromatic heterocycles. The van der Waals surface area contributed by atoms with Crippen LogP contribution in [0.3, 0.4) is 0 Å². The predicted molar refractivity (Wildman–Crippen MR) is 75.6 cm³/mol. The lowest BCUT2D eigenvalue weighted by Crippen LogP contribution is -2.16. The minimum absolute atomic E-state index is 0.0166. The summed E-state index contributed by atoms with van der Waals surface area (Å²) in [4.78, 5) is 0. The number of hydrogen-bond donors (Lipinski definition) is 1.